The summed E-state index contributed by atoms with van der Waals surface area (Å²) in [7, 11) is 0. The molecular weight excluding hydrogens is 182 g/mol. The number of rotatable bonds is 1. The molecule has 0 aliphatic carbocycles. The predicted octanol–water partition coefficient (Wildman–Crippen LogP) is 3.14. The number of benzene rings is 1. The Morgan fingerprint density at radius 1 is 1.20 bits per heavy atom. The zero-order chi connectivity index (χ0) is 10.9. The summed E-state index contributed by atoms with van der Waals surface area (Å²) >= 11 is 0. The molecule has 1 heteroatoms. The highest BCUT2D eigenvalue weighted by molar-refractivity contribution is 5.29. The van der Waals surface area contributed by atoms with Gasteiger partial charge in [-0.15, -0.1) is 0 Å². The van der Waals surface area contributed by atoms with Gasteiger partial charge in [-0.1, -0.05) is 45.0 Å². The van der Waals surface area contributed by atoms with Crippen LogP contribution in [0, 0.1) is 5.41 Å². The first-order valence-electron chi connectivity index (χ1n) is 5.85. The predicted molar refractivity (Wildman–Crippen MR) is 64.8 cm³/mol. The second kappa shape index (κ2) is 3.97. The van der Waals surface area contributed by atoms with E-state index in [2.05, 4.69) is 50.4 Å². The van der Waals surface area contributed by atoms with Gasteiger partial charge in [-0.2, -0.15) is 0 Å². The van der Waals surface area contributed by atoms with Gasteiger partial charge >= 0.3 is 0 Å². The van der Waals surface area contributed by atoms with Crippen molar-refractivity contribution in [3.05, 3.63) is 35.4 Å². The summed E-state index contributed by atoms with van der Waals surface area (Å²) in [5.74, 6) is 0. The third-order valence-corrected chi connectivity index (χ3v) is 3.02. The molecule has 1 aliphatic rings. The maximum absolute atomic E-state index is 3.63. The Hall–Kier alpha value is -0.820. The summed E-state index contributed by atoms with van der Waals surface area (Å²) in [4.78, 5) is 0. The van der Waals surface area contributed by atoms with Crippen molar-refractivity contribution in [3.8, 4) is 0 Å². The van der Waals surface area contributed by atoms with Crippen LogP contribution >= 0.6 is 0 Å². The van der Waals surface area contributed by atoms with Gasteiger partial charge in [0.25, 0.3) is 0 Å². The Balaban J connectivity index is 2.06. The molecule has 1 nitrogen and oxygen atoms in total. The van der Waals surface area contributed by atoms with Crippen molar-refractivity contribution in [2.24, 2.45) is 5.41 Å². The van der Waals surface area contributed by atoms with Gasteiger partial charge < -0.3 is 5.32 Å². The summed E-state index contributed by atoms with van der Waals surface area (Å²) in [6.07, 6.45) is 2.44. The molecule has 15 heavy (non-hydrogen) atoms. The van der Waals surface area contributed by atoms with E-state index in [0.29, 0.717) is 11.5 Å². The van der Waals surface area contributed by atoms with E-state index in [4.69, 9.17) is 0 Å². The molecule has 0 unspecified atom stereocenters. The van der Waals surface area contributed by atoms with Crippen molar-refractivity contribution in [3.63, 3.8) is 0 Å². The lowest BCUT2D eigenvalue weighted by molar-refractivity contribution is 0.298. The monoisotopic (exact) mass is 203 g/mol. The summed E-state index contributed by atoms with van der Waals surface area (Å²) in [5, 5.41) is 3.63. The molecular formula is C14H21N. The van der Waals surface area contributed by atoms with E-state index in [9.17, 15) is 0 Å². The minimum atomic E-state index is 0.421. The van der Waals surface area contributed by atoms with Gasteiger partial charge in [-0.3, -0.25) is 0 Å². The molecule has 1 aromatic rings. The van der Waals surface area contributed by atoms with Gasteiger partial charge in [0.2, 0.25) is 0 Å². The Labute approximate surface area is 92.9 Å². The van der Waals surface area contributed by atoms with Crippen LogP contribution < -0.4 is 5.32 Å². The molecule has 1 aliphatic heterocycles. The van der Waals surface area contributed by atoms with Crippen LogP contribution in [-0.4, -0.2) is 6.04 Å². The summed E-state index contributed by atoms with van der Waals surface area (Å²) < 4.78 is 0. The van der Waals surface area contributed by atoms with E-state index >= 15 is 0 Å². The van der Waals surface area contributed by atoms with Crippen LogP contribution in [0.4, 0.5) is 0 Å². The molecule has 0 aromatic heterocycles. The van der Waals surface area contributed by atoms with Crippen LogP contribution in [0.15, 0.2) is 24.3 Å². The van der Waals surface area contributed by atoms with Crippen LogP contribution in [0.5, 0.6) is 0 Å². The fourth-order valence-corrected chi connectivity index (χ4v) is 2.40. The van der Waals surface area contributed by atoms with E-state index in [1.165, 1.54) is 24.0 Å². The molecule has 0 spiro atoms. The molecule has 82 valence electrons. The average molecular weight is 203 g/mol. The molecule has 0 radical (unpaired) electrons. The Morgan fingerprint density at radius 3 is 2.53 bits per heavy atom. The van der Waals surface area contributed by atoms with Gasteiger partial charge in [0, 0.05) is 12.6 Å². The summed E-state index contributed by atoms with van der Waals surface area (Å²) in [6.45, 7) is 7.98. The van der Waals surface area contributed by atoms with Gasteiger partial charge in [0.15, 0.2) is 0 Å². The van der Waals surface area contributed by atoms with Crippen molar-refractivity contribution < 1.29 is 0 Å². The van der Waals surface area contributed by atoms with Crippen LogP contribution in [-0.2, 0) is 13.0 Å². The maximum atomic E-state index is 3.63. The smallest absolute Gasteiger partial charge is 0.0210 e. The number of hydrogen-bond donors (Lipinski definition) is 1. The summed E-state index contributed by atoms with van der Waals surface area (Å²) in [5.41, 5.74) is 3.43. The van der Waals surface area contributed by atoms with E-state index < -0.39 is 0 Å². The van der Waals surface area contributed by atoms with E-state index in [1.54, 1.807) is 0 Å². The van der Waals surface area contributed by atoms with E-state index in [0.717, 1.165) is 6.54 Å². The van der Waals surface area contributed by atoms with Gasteiger partial charge in [0.05, 0.1) is 0 Å². The topological polar surface area (TPSA) is 12.0 Å². The van der Waals surface area contributed by atoms with Crippen molar-refractivity contribution in [1.82, 2.24) is 5.32 Å². The highest BCUT2D eigenvalue weighted by Gasteiger charge is 2.22. The Kier molecular flexibility index (Phi) is 2.83. The van der Waals surface area contributed by atoms with Crippen LogP contribution in [0.25, 0.3) is 0 Å². The fraction of sp³-hybridized carbons (Fsp3) is 0.571. The highest BCUT2D eigenvalue weighted by atomic mass is 14.9. The van der Waals surface area contributed by atoms with E-state index in [-0.39, 0.29) is 0 Å². The van der Waals surface area contributed by atoms with Crippen LogP contribution in [0.3, 0.4) is 0 Å². The maximum Gasteiger partial charge on any atom is 0.0210 e. The lowest BCUT2D eigenvalue weighted by Gasteiger charge is -2.31. The molecule has 0 fully saturated rings. The van der Waals surface area contributed by atoms with Crippen molar-refractivity contribution in [2.75, 3.05) is 0 Å². The van der Waals surface area contributed by atoms with Crippen molar-refractivity contribution in [1.29, 1.82) is 0 Å². The molecule has 1 atom stereocenters. The molecule has 0 saturated carbocycles. The minimum absolute atomic E-state index is 0.421. The second-order valence-electron chi connectivity index (χ2n) is 5.82. The second-order valence-corrected chi connectivity index (χ2v) is 5.82. The van der Waals surface area contributed by atoms with Crippen LogP contribution in [0.1, 0.15) is 38.3 Å². The summed E-state index contributed by atoms with van der Waals surface area (Å²) in [6, 6.07) is 9.43. The molecule has 1 N–H and O–H groups in total. The SMILES string of the molecule is CC(C)(C)C[C@H]1Cc2ccccc2CN1. The standard InChI is InChI=1S/C14H21N/c1-14(2,3)9-13-8-11-6-4-5-7-12(11)10-15-13/h4-7,13,15H,8-10H2,1-3H3/t13-/m1/s1. The lowest BCUT2D eigenvalue weighted by atomic mass is 9.83. The zero-order valence-electron chi connectivity index (χ0n) is 10.0. The quantitative estimate of drug-likeness (QED) is 0.739. The van der Waals surface area contributed by atoms with Gasteiger partial charge in [-0.25, -0.2) is 0 Å². The molecule has 2 rings (SSSR count). The highest BCUT2D eigenvalue weighted by Crippen LogP contribution is 2.25. The number of fused-ring (bicyclic) bond motifs is 1. The van der Waals surface area contributed by atoms with Crippen molar-refractivity contribution in [2.45, 2.75) is 46.2 Å². The molecule has 0 bridgehead atoms. The normalized spacial score (nSPS) is 21.1. The largest absolute Gasteiger partial charge is 0.310 e. The van der Waals surface area contributed by atoms with E-state index in [1.807, 2.05) is 0 Å². The molecule has 1 heterocycles. The fourth-order valence-electron chi connectivity index (χ4n) is 2.40. The Morgan fingerprint density at radius 2 is 1.87 bits per heavy atom. The first-order chi connectivity index (χ1) is 7.04. The lowest BCUT2D eigenvalue weighted by Crippen LogP contribution is -2.38. The third-order valence-electron chi connectivity index (χ3n) is 3.02. The zero-order valence-corrected chi connectivity index (χ0v) is 10.0. The van der Waals surface area contributed by atoms with Crippen molar-refractivity contribution >= 4 is 0 Å². The molecule has 1 aromatic carbocycles. The van der Waals surface area contributed by atoms with Crippen LogP contribution in [0.2, 0.25) is 0 Å². The Bertz CT molecular complexity index is 335. The number of nitrogens with one attached hydrogen (secondary N) is 1. The first-order valence-corrected chi connectivity index (χ1v) is 5.85. The van der Waals surface area contributed by atoms with Gasteiger partial charge in [0.1, 0.15) is 0 Å². The number of hydrogen-bond acceptors (Lipinski definition) is 1. The molecule has 0 saturated heterocycles. The molecule has 0 amide bonds. The van der Waals surface area contributed by atoms with Gasteiger partial charge in [-0.05, 0) is 29.4 Å². The third kappa shape index (κ3) is 2.82. The average Bonchev–Trinajstić information content (AvgIpc) is 2.15. The minimum Gasteiger partial charge on any atom is -0.310 e. The first kappa shape index (κ1) is 10.7.